The Hall–Kier alpha value is -1.66. The summed E-state index contributed by atoms with van der Waals surface area (Å²) >= 11 is 1.56. The zero-order valence-electron chi connectivity index (χ0n) is 13.1. The van der Waals surface area contributed by atoms with E-state index in [4.69, 9.17) is 4.74 Å². The molecule has 3 heterocycles. The standard InChI is InChI=1S/C17H21N3O2S/c21-17(14-4-7-23-11-14)19-5-1-6-20-12-18-15(16(20)8-19)10-22-9-13-2-3-13/h4,7,11-13H,1-3,5-6,8-10H2. The number of aromatic nitrogens is 2. The number of ether oxygens (including phenoxy) is 1. The minimum Gasteiger partial charge on any atom is -0.375 e. The summed E-state index contributed by atoms with van der Waals surface area (Å²) in [4.78, 5) is 19.1. The fourth-order valence-corrected chi connectivity index (χ4v) is 3.62. The smallest absolute Gasteiger partial charge is 0.255 e. The van der Waals surface area contributed by atoms with Crippen LogP contribution in [0.5, 0.6) is 0 Å². The van der Waals surface area contributed by atoms with Crippen molar-refractivity contribution in [3.8, 4) is 0 Å². The van der Waals surface area contributed by atoms with E-state index in [0.29, 0.717) is 13.2 Å². The molecule has 2 aromatic heterocycles. The maximum atomic E-state index is 12.6. The van der Waals surface area contributed by atoms with Crippen molar-refractivity contribution in [3.63, 3.8) is 0 Å². The van der Waals surface area contributed by atoms with Crippen LogP contribution in [0.3, 0.4) is 0 Å². The molecule has 0 saturated heterocycles. The van der Waals surface area contributed by atoms with Gasteiger partial charge in [0.25, 0.3) is 5.91 Å². The Balaban J connectivity index is 1.48. The SMILES string of the molecule is O=C(c1ccsc1)N1CCCn2cnc(COCC3CC3)c2C1. The van der Waals surface area contributed by atoms with Crippen LogP contribution < -0.4 is 0 Å². The summed E-state index contributed by atoms with van der Waals surface area (Å²) in [5.41, 5.74) is 2.90. The Bertz CT molecular complexity index is 676. The topological polar surface area (TPSA) is 47.4 Å². The quantitative estimate of drug-likeness (QED) is 0.846. The van der Waals surface area contributed by atoms with Crippen molar-refractivity contribution in [2.45, 2.75) is 39.0 Å². The van der Waals surface area contributed by atoms with Gasteiger partial charge >= 0.3 is 0 Å². The predicted molar refractivity (Wildman–Crippen MR) is 88.3 cm³/mol. The third-order valence-corrected chi connectivity index (χ3v) is 5.23. The van der Waals surface area contributed by atoms with E-state index < -0.39 is 0 Å². The third-order valence-electron chi connectivity index (χ3n) is 4.55. The molecule has 0 spiro atoms. The summed E-state index contributed by atoms with van der Waals surface area (Å²) < 4.78 is 7.98. The molecule has 1 saturated carbocycles. The van der Waals surface area contributed by atoms with Crippen molar-refractivity contribution in [2.24, 2.45) is 5.92 Å². The number of carbonyl (C=O) groups is 1. The molecule has 122 valence electrons. The second-order valence-electron chi connectivity index (χ2n) is 6.38. The molecule has 0 aromatic carbocycles. The first-order valence-corrected chi connectivity index (χ1v) is 9.17. The summed E-state index contributed by atoms with van der Waals surface area (Å²) in [6, 6.07) is 1.90. The molecule has 1 fully saturated rings. The first-order chi connectivity index (χ1) is 11.3. The Morgan fingerprint density at radius 2 is 2.30 bits per heavy atom. The van der Waals surface area contributed by atoms with Gasteiger partial charge < -0.3 is 14.2 Å². The van der Waals surface area contributed by atoms with Crippen LogP contribution in [-0.2, 0) is 24.4 Å². The molecule has 0 bridgehead atoms. The second-order valence-corrected chi connectivity index (χ2v) is 7.16. The van der Waals surface area contributed by atoms with Gasteiger partial charge in [0.2, 0.25) is 0 Å². The van der Waals surface area contributed by atoms with Gasteiger partial charge in [0.05, 0.1) is 36.4 Å². The van der Waals surface area contributed by atoms with Crippen LogP contribution in [0.1, 0.15) is 41.0 Å². The lowest BCUT2D eigenvalue weighted by molar-refractivity contribution is 0.0742. The maximum absolute atomic E-state index is 12.6. The molecule has 0 atom stereocenters. The molecule has 4 rings (SSSR count). The molecule has 5 nitrogen and oxygen atoms in total. The van der Waals surface area contributed by atoms with E-state index >= 15 is 0 Å². The van der Waals surface area contributed by atoms with Crippen LogP contribution in [-0.4, -0.2) is 33.5 Å². The highest BCUT2D eigenvalue weighted by atomic mass is 32.1. The summed E-state index contributed by atoms with van der Waals surface area (Å²) in [5, 5.41) is 3.87. The summed E-state index contributed by atoms with van der Waals surface area (Å²) in [6.45, 7) is 3.72. The molecule has 2 aliphatic rings. The maximum Gasteiger partial charge on any atom is 0.255 e. The first kappa shape index (κ1) is 14.9. The molecule has 1 aliphatic carbocycles. The molecule has 1 amide bonds. The molecular weight excluding hydrogens is 310 g/mol. The fraction of sp³-hybridized carbons (Fsp3) is 0.529. The Kier molecular flexibility index (Phi) is 4.18. The van der Waals surface area contributed by atoms with Crippen LogP contribution in [0, 0.1) is 5.92 Å². The number of rotatable bonds is 5. The number of fused-ring (bicyclic) bond motifs is 1. The largest absolute Gasteiger partial charge is 0.375 e. The molecule has 0 radical (unpaired) electrons. The van der Waals surface area contributed by atoms with E-state index in [-0.39, 0.29) is 5.91 Å². The Labute approximate surface area is 139 Å². The van der Waals surface area contributed by atoms with Gasteiger partial charge in [-0.3, -0.25) is 4.79 Å². The van der Waals surface area contributed by atoms with E-state index in [1.807, 2.05) is 28.1 Å². The molecule has 1 aliphatic heterocycles. The van der Waals surface area contributed by atoms with E-state index in [1.165, 1.54) is 12.8 Å². The summed E-state index contributed by atoms with van der Waals surface area (Å²) in [6.07, 6.45) is 5.44. The average Bonchev–Trinajstić information content (AvgIpc) is 3.14. The molecule has 23 heavy (non-hydrogen) atoms. The lowest BCUT2D eigenvalue weighted by atomic mass is 10.2. The number of aryl methyl sites for hydroxylation is 1. The third kappa shape index (κ3) is 3.33. The van der Waals surface area contributed by atoms with Crippen LogP contribution in [0.4, 0.5) is 0 Å². The van der Waals surface area contributed by atoms with Gasteiger partial charge in [0.1, 0.15) is 0 Å². The van der Waals surface area contributed by atoms with Crippen LogP contribution in [0.15, 0.2) is 23.2 Å². The monoisotopic (exact) mass is 331 g/mol. The number of hydrogen-bond acceptors (Lipinski definition) is 4. The number of imidazole rings is 1. The number of thiophene rings is 1. The van der Waals surface area contributed by atoms with Crippen LogP contribution in [0.25, 0.3) is 0 Å². The zero-order chi connectivity index (χ0) is 15.6. The summed E-state index contributed by atoms with van der Waals surface area (Å²) in [5.74, 6) is 0.874. The van der Waals surface area contributed by atoms with E-state index in [1.54, 1.807) is 11.3 Å². The van der Waals surface area contributed by atoms with Crippen LogP contribution >= 0.6 is 11.3 Å². The number of nitrogens with zero attached hydrogens (tertiary/aromatic N) is 3. The lowest BCUT2D eigenvalue weighted by Gasteiger charge is -2.20. The molecule has 6 heteroatoms. The van der Waals surface area contributed by atoms with Crippen molar-refractivity contribution >= 4 is 17.2 Å². The molecule has 2 aromatic rings. The van der Waals surface area contributed by atoms with E-state index in [0.717, 1.165) is 49.0 Å². The van der Waals surface area contributed by atoms with Gasteiger partial charge in [-0.05, 0) is 36.6 Å². The number of amides is 1. The average molecular weight is 331 g/mol. The molecule has 0 N–H and O–H groups in total. The first-order valence-electron chi connectivity index (χ1n) is 8.23. The van der Waals surface area contributed by atoms with Crippen molar-refractivity contribution in [1.29, 1.82) is 0 Å². The summed E-state index contributed by atoms with van der Waals surface area (Å²) in [7, 11) is 0. The molecule has 0 unspecified atom stereocenters. The number of hydrogen-bond donors (Lipinski definition) is 0. The highest BCUT2D eigenvalue weighted by Gasteiger charge is 2.24. The van der Waals surface area contributed by atoms with Crippen molar-refractivity contribution < 1.29 is 9.53 Å². The van der Waals surface area contributed by atoms with Gasteiger partial charge in [-0.1, -0.05) is 0 Å². The zero-order valence-corrected chi connectivity index (χ0v) is 13.9. The van der Waals surface area contributed by atoms with Crippen molar-refractivity contribution in [1.82, 2.24) is 14.5 Å². The van der Waals surface area contributed by atoms with Gasteiger partial charge in [0, 0.05) is 25.1 Å². The lowest BCUT2D eigenvalue weighted by Crippen LogP contribution is -2.30. The van der Waals surface area contributed by atoms with Gasteiger partial charge in [0.15, 0.2) is 0 Å². The highest BCUT2D eigenvalue weighted by molar-refractivity contribution is 7.08. The highest BCUT2D eigenvalue weighted by Crippen LogP contribution is 2.29. The second kappa shape index (κ2) is 6.45. The van der Waals surface area contributed by atoms with Crippen molar-refractivity contribution in [2.75, 3.05) is 13.2 Å². The normalized spacial score (nSPS) is 17.8. The Morgan fingerprint density at radius 1 is 1.39 bits per heavy atom. The Morgan fingerprint density at radius 3 is 3.09 bits per heavy atom. The minimum atomic E-state index is 0.116. The van der Waals surface area contributed by atoms with E-state index in [2.05, 4.69) is 9.55 Å². The predicted octanol–water partition coefficient (Wildman–Crippen LogP) is 2.92. The van der Waals surface area contributed by atoms with E-state index in [9.17, 15) is 4.79 Å². The number of carbonyl (C=O) groups excluding carboxylic acids is 1. The van der Waals surface area contributed by atoms with Gasteiger partial charge in [-0.2, -0.15) is 11.3 Å². The van der Waals surface area contributed by atoms with Gasteiger partial charge in [-0.25, -0.2) is 4.98 Å². The van der Waals surface area contributed by atoms with Crippen molar-refractivity contribution in [3.05, 3.63) is 40.1 Å². The van der Waals surface area contributed by atoms with Crippen LogP contribution in [0.2, 0.25) is 0 Å². The molecular formula is C17H21N3O2S. The van der Waals surface area contributed by atoms with Gasteiger partial charge in [-0.15, -0.1) is 0 Å². The minimum absolute atomic E-state index is 0.116. The fourth-order valence-electron chi connectivity index (χ4n) is 2.99.